The highest BCUT2D eigenvalue weighted by Crippen LogP contribution is 2.33. The fraction of sp³-hybridized carbons (Fsp3) is 0.400. The van der Waals surface area contributed by atoms with Crippen molar-refractivity contribution in [1.82, 2.24) is 9.62 Å². The maximum atomic E-state index is 13.2. The molecule has 1 aliphatic heterocycles. The fourth-order valence-electron chi connectivity index (χ4n) is 3.28. The van der Waals surface area contributed by atoms with E-state index < -0.39 is 22.6 Å². The Kier molecular flexibility index (Phi) is 8.51. The van der Waals surface area contributed by atoms with Gasteiger partial charge in [0.1, 0.15) is 11.0 Å². The molecule has 0 saturated carbocycles. The molecule has 0 bridgehead atoms. The third-order valence-corrected chi connectivity index (χ3v) is 5.93. The van der Waals surface area contributed by atoms with E-state index in [1.807, 2.05) is 12.1 Å². The normalized spacial score (nSPS) is 14.6. The Labute approximate surface area is 171 Å². The van der Waals surface area contributed by atoms with E-state index >= 15 is 0 Å². The summed E-state index contributed by atoms with van der Waals surface area (Å²) in [5.74, 6) is -0.461. The van der Waals surface area contributed by atoms with E-state index in [0.29, 0.717) is 6.54 Å². The average molecular weight is 429 g/mol. The molecule has 1 unspecified atom stereocenters. The molecule has 0 spiro atoms. The molecule has 2 aromatic carbocycles. The molecule has 1 atom stereocenters. The highest BCUT2D eigenvalue weighted by Gasteiger charge is 2.19. The Morgan fingerprint density at radius 3 is 2.41 bits per heavy atom. The fourth-order valence-corrected chi connectivity index (χ4v) is 4.17. The first kappa shape index (κ1) is 23.2. The molecular weight excluding hydrogens is 402 g/mol. The van der Waals surface area contributed by atoms with E-state index in [1.54, 1.807) is 14.2 Å². The largest absolute Gasteiger partial charge is 0.493 e. The number of nitrogens with zero attached hydrogens (tertiary/aromatic N) is 1. The number of hydrogen-bond donors (Lipinski definition) is 1. The van der Waals surface area contributed by atoms with Crippen LogP contribution in [0.5, 0.6) is 11.5 Å². The summed E-state index contributed by atoms with van der Waals surface area (Å²) in [6.45, 7) is 3.12. The van der Waals surface area contributed by atoms with Gasteiger partial charge in [-0.25, -0.2) is 17.7 Å². The number of methoxy groups -OCH3 is 2. The highest BCUT2D eigenvalue weighted by atomic mass is 32.2. The second-order valence-corrected chi connectivity index (χ2v) is 7.89. The molecule has 0 saturated heterocycles. The van der Waals surface area contributed by atoms with Crippen LogP contribution in [0.1, 0.15) is 17.5 Å². The third-order valence-electron chi connectivity index (χ3n) is 4.79. The van der Waals surface area contributed by atoms with Crippen LogP contribution in [0, 0.1) is 11.6 Å². The first-order valence-corrected chi connectivity index (χ1v) is 10.2. The van der Waals surface area contributed by atoms with Gasteiger partial charge in [0.05, 0.1) is 19.1 Å². The summed E-state index contributed by atoms with van der Waals surface area (Å²) in [7, 11) is 1.71. The molecule has 3 rings (SSSR count). The van der Waals surface area contributed by atoms with Gasteiger partial charge in [0.25, 0.3) is 0 Å². The predicted octanol–water partition coefficient (Wildman–Crippen LogP) is 2.22. The molecule has 9 heteroatoms. The molecule has 1 aliphatic rings. The topological polar surface area (TPSA) is 82.3 Å². The molecule has 1 heterocycles. The first-order chi connectivity index (χ1) is 13.5. The number of nitrogens with one attached hydrogen (secondary N) is 1. The van der Waals surface area contributed by atoms with Crippen LogP contribution in [0.15, 0.2) is 35.2 Å². The number of rotatable bonds is 8. The molecule has 160 valence electrons. The minimum absolute atomic E-state index is 0. The SMILES string of the molecule is COc1cc2c(cc1OC)CN(CCCNS(=O)c1ccc(F)c(F)c1)CC2.O. The van der Waals surface area contributed by atoms with Crippen LogP contribution in [0.3, 0.4) is 0 Å². The Hall–Kier alpha value is -2.07. The van der Waals surface area contributed by atoms with Gasteiger partial charge in [-0.2, -0.15) is 0 Å². The Balaban J connectivity index is 0.00000300. The lowest BCUT2D eigenvalue weighted by molar-refractivity contribution is 0.250. The molecule has 0 radical (unpaired) electrons. The lowest BCUT2D eigenvalue weighted by Gasteiger charge is -2.29. The van der Waals surface area contributed by atoms with Crippen molar-refractivity contribution in [2.45, 2.75) is 24.3 Å². The minimum atomic E-state index is -1.56. The molecule has 6 nitrogen and oxygen atoms in total. The maximum absolute atomic E-state index is 13.2. The zero-order valence-electron chi connectivity index (χ0n) is 16.5. The second-order valence-electron chi connectivity index (χ2n) is 6.59. The molecular formula is C20H26F2N2O4S. The van der Waals surface area contributed by atoms with Gasteiger partial charge in [0, 0.05) is 19.6 Å². The number of fused-ring (bicyclic) bond motifs is 1. The van der Waals surface area contributed by atoms with Crippen LogP contribution < -0.4 is 14.2 Å². The molecule has 0 aliphatic carbocycles. The van der Waals surface area contributed by atoms with Gasteiger partial charge in [0.2, 0.25) is 0 Å². The zero-order chi connectivity index (χ0) is 20.1. The molecule has 0 aromatic heterocycles. The maximum Gasteiger partial charge on any atom is 0.161 e. The van der Waals surface area contributed by atoms with Crippen molar-refractivity contribution in [3.05, 3.63) is 53.1 Å². The van der Waals surface area contributed by atoms with Crippen LogP contribution in [0.25, 0.3) is 0 Å². The van der Waals surface area contributed by atoms with Gasteiger partial charge in [-0.15, -0.1) is 0 Å². The minimum Gasteiger partial charge on any atom is -0.493 e. The summed E-state index contributed by atoms with van der Waals surface area (Å²) in [4.78, 5) is 2.56. The summed E-state index contributed by atoms with van der Waals surface area (Å²) in [5, 5.41) is 0. The van der Waals surface area contributed by atoms with Gasteiger partial charge in [0.15, 0.2) is 23.1 Å². The van der Waals surface area contributed by atoms with Gasteiger partial charge >= 0.3 is 0 Å². The quantitative estimate of drug-likeness (QED) is 0.654. The third kappa shape index (κ3) is 5.72. The lowest BCUT2D eigenvalue weighted by Crippen LogP contribution is -2.33. The summed E-state index contributed by atoms with van der Waals surface area (Å²) in [5.41, 5.74) is 2.49. The van der Waals surface area contributed by atoms with Gasteiger partial charge in [-0.3, -0.25) is 4.90 Å². The van der Waals surface area contributed by atoms with Crippen molar-refractivity contribution in [2.24, 2.45) is 0 Å². The first-order valence-electron chi connectivity index (χ1n) is 9.08. The smallest absolute Gasteiger partial charge is 0.161 e. The standard InChI is InChI=1S/C20H24F2N2O3S.H2O/c1-26-19-10-14-6-9-24(13-15(14)11-20(19)27-2)8-3-7-23-28(25)16-4-5-17(21)18(22)12-16;/h4-5,10-12,23H,3,6-9,13H2,1-2H3;1H2. The average Bonchev–Trinajstić information content (AvgIpc) is 2.71. The van der Waals surface area contributed by atoms with E-state index in [0.717, 1.165) is 56.1 Å². The van der Waals surface area contributed by atoms with Crippen molar-refractivity contribution in [2.75, 3.05) is 33.9 Å². The second kappa shape index (κ2) is 10.6. The van der Waals surface area contributed by atoms with Crippen molar-refractivity contribution in [1.29, 1.82) is 0 Å². The number of ether oxygens (including phenoxy) is 2. The van der Waals surface area contributed by atoms with E-state index in [4.69, 9.17) is 9.47 Å². The number of halogens is 2. The summed E-state index contributed by atoms with van der Waals surface area (Å²) in [6.07, 6.45) is 1.72. The Morgan fingerprint density at radius 1 is 1.07 bits per heavy atom. The van der Waals surface area contributed by atoms with Crippen LogP contribution in [-0.2, 0) is 24.0 Å². The van der Waals surface area contributed by atoms with Crippen LogP contribution in [0.2, 0.25) is 0 Å². The van der Waals surface area contributed by atoms with Gasteiger partial charge < -0.3 is 14.9 Å². The zero-order valence-corrected chi connectivity index (χ0v) is 17.3. The van der Waals surface area contributed by atoms with E-state index in [9.17, 15) is 13.0 Å². The highest BCUT2D eigenvalue weighted by molar-refractivity contribution is 7.83. The molecule has 0 amide bonds. The molecule has 0 fully saturated rings. The van der Waals surface area contributed by atoms with Gasteiger partial charge in [-0.05, 0) is 60.8 Å². The van der Waals surface area contributed by atoms with Crippen molar-refractivity contribution >= 4 is 11.0 Å². The van der Waals surface area contributed by atoms with Crippen LogP contribution >= 0.6 is 0 Å². The number of benzene rings is 2. The Bertz CT molecular complexity index is 867. The summed E-state index contributed by atoms with van der Waals surface area (Å²) < 4.78 is 51.9. The van der Waals surface area contributed by atoms with E-state index in [2.05, 4.69) is 9.62 Å². The van der Waals surface area contributed by atoms with Gasteiger partial charge in [-0.1, -0.05) is 0 Å². The Morgan fingerprint density at radius 2 is 1.76 bits per heavy atom. The summed E-state index contributed by atoms with van der Waals surface area (Å²) in [6, 6.07) is 7.33. The predicted molar refractivity (Wildman–Crippen MR) is 108 cm³/mol. The molecule has 3 N–H and O–H groups in total. The van der Waals surface area contributed by atoms with Crippen molar-refractivity contribution < 1.29 is 27.9 Å². The lowest BCUT2D eigenvalue weighted by atomic mass is 9.98. The molecule has 29 heavy (non-hydrogen) atoms. The monoisotopic (exact) mass is 428 g/mol. The summed E-state index contributed by atoms with van der Waals surface area (Å²) >= 11 is 0. The van der Waals surface area contributed by atoms with Crippen molar-refractivity contribution in [3.63, 3.8) is 0 Å². The molecule has 2 aromatic rings. The number of hydrogen-bond acceptors (Lipinski definition) is 4. The van der Waals surface area contributed by atoms with Crippen molar-refractivity contribution in [3.8, 4) is 11.5 Å². The van der Waals surface area contributed by atoms with E-state index in [1.165, 1.54) is 17.2 Å². The van der Waals surface area contributed by atoms with Crippen LogP contribution in [0.4, 0.5) is 8.78 Å². The van der Waals surface area contributed by atoms with E-state index in [-0.39, 0.29) is 10.4 Å². The van der Waals surface area contributed by atoms with Crippen LogP contribution in [-0.4, -0.2) is 48.4 Å².